The second-order valence-corrected chi connectivity index (χ2v) is 15.9. The topological polar surface area (TPSA) is 229 Å². The average molecular weight is 776 g/mol. The van der Waals surface area contributed by atoms with Crippen molar-refractivity contribution in [1.82, 2.24) is 20.3 Å². The second kappa shape index (κ2) is 17.0. The van der Waals surface area contributed by atoms with Crippen molar-refractivity contribution < 1.29 is 37.5 Å². The number of aryl methyl sites for hydroxylation is 1. The zero-order chi connectivity index (χ0) is 38.5. The molecule has 53 heavy (non-hydrogen) atoms. The summed E-state index contributed by atoms with van der Waals surface area (Å²) in [5.41, 5.74) is 12.3. The van der Waals surface area contributed by atoms with Gasteiger partial charge in [0.1, 0.15) is 35.0 Å². The van der Waals surface area contributed by atoms with E-state index in [1.807, 2.05) is 18.2 Å². The van der Waals surface area contributed by atoms with Gasteiger partial charge >= 0.3 is 6.09 Å². The van der Waals surface area contributed by atoms with E-state index in [0.717, 1.165) is 60.0 Å². The van der Waals surface area contributed by atoms with Crippen LogP contribution in [0.1, 0.15) is 77.6 Å². The van der Waals surface area contributed by atoms with Gasteiger partial charge in [0.2, 0.25) is 0 Å². The Kier molecular flexibility index (Phi) is 12.9. The van der Waals surface area contributed by atoms with Crippen molar-refractivity contribution in [3.8, 4) is 5.75 Å². The van der Waals surface area contributed by atoms with Gasteiger partial charge in [0, 0.05) is 23.5 Å². The van der Waals surface area contributed by atoms with Crippen molar-refractivity contribution in [3.63, 3.8) is 0 Å². The van der Waals surface area contributed by atoms with Gasteiger partial charge in [0.15, 0.2) is 29.3 Å². The third-order valence-corrected chi connectivity index (χ3v) is 10.1. The lowest BCUT2D eigenvalue weighted by Gasteiger charge is -2.50. The Morgan fingerprint density at radius 2 is 1.98 bits per heavy atom. The summed E-state index contributed by atoms with van der Waals surface area (Å²) in [5, 5.41) is 12.1. The Labute approximate surface area is 317 Å². The summed E-state index contributed by atoms with van der Waals surface area (Å²) in [6.45, 7) is 13.7. The molecule has 3 aliphatic heterocycles. The van der Waals surface area contributed by atoms with Gasteiger partial charge in [0.05, 0.1) is 12.1 Å². The zero-order valence-corrected chi connectivity index (χ0v) is 32.4. The fourth-order valence-electron chi connectivity index (χ4n) is 6.08. The summed E-state index contributed by atoms with van der Waals surface area (Å²) >= 11 is 1.07. The molecule has 0 spiro atoms. The molecule has 2 saturated heterocycles. The predicted octanol–water partition coefficient (Wildman–Crippen LogP) is 3.28. The van der Waals surface area contributed by atoms with Crippen molar-refractivity contribution in [2.45, 2.75) is 103 Å². The molecular formula is C34H49N9O8S2. The SMILES string of the molecule is CC(O/N=C(\C(=O)NC1C(=O)N(OSO)C1(C)C)c1csc(NC(=O)OC(C)(C)C)n1)C1CCc2cc(C(N)=NCCN3CCC(N)CC3)ccc2O1. The van der Waals surface area contributed by atoms with E-state index in [1.165, 1.54) is 5.38 Å². The van der Waals surface area contributed by atoms with Crippen LogP contribution in [-0.4, -0.2) is 111 Å². The molecule has 1 aromatic carbocycles. The number of thiazole rings is 1. The third kappa shape index (κ3) is 10.2. The van der Waals surface area contributed by atoms with Crippen LogP contribution in [0.15, 0.2) is 33.7 Å². The van der Waals surface area contributed by atoms with Crippen molar-refractivity contribution in [1.29, 1.82) is 0 Å². The molecule has 3 aliphatic rings. The number of ether oxygens (including phenoxy) is 2. The number of nitrogens with zero attached hydrogens (tertiary/aromatic N) is 5. The van der Waals surface area contributed by atoms with Crippen LogP contribution in [0.25, 0.3) is 0 Å². The minimum atomic E-state index is -1.00. The van der Waals surface area contributed by atoms with Gasteiger partial charge in [-0.05, 0) is 104 Å². The molecule has 19 heteroatoms. The van der Waals surface area contributed by atoms with Crippen molar-refractivity contribution in [3.05, 3.63) is 40.4 Å². The molecule has 17 nitrogen and oxygen atoms in total. The van der Waals surface area contributed by atoms with E-state index in [1.54, 1.807) is 41.5 Å². The molecule has 290 valence electrons. The number of carbonyl (C=O) groups excluding carboxylic acids is 3. The maximum atomic E-state index is 13.7. The number of nitrogens with one attached hydrogen (secondary N) is 2. The van der Waals surface area contributed by atoms with Crippen LogP contribution in [0.3, 0.4) is 0 Å². The van der Waals surface area contributed by atoms with Gasteiger partial charge in [-0.3, -0.25) is 19.9 Å². The van der Waals surface area contributed by atoms with E-state index in [4.69, 9.17) is 34.6 Å². The molecule has 3 unspecified atom stereocenters. The number of hydrogen-bond donors (Lipinski definition) is 5. The van der Waals surface area contributed by atoms with E-state index in [0.29, 0.717) is 31.0 Å². The quantitative estimate of drug-likeness (QED) is 0.0648. The van der Waals surface area contributed by atoms with E-state index in [2.05, 4.69) is 30.7 Å². The first-order valence-electron chi connectivity index (χ1n) is 17.5. The summed E-state index contributed by atoms with van der Waals surface area (Å²) in [6, 6.07) is 5.03. The van der Waals surface area contributed by atoms with Gasteiger partial charge in [-0.25, -0.2) is 9.78 Å². The zero-order valence-electron chi connectivity index (χ0n) is 30.8. The number of nitrogens with two attached hydrogens (primary N) is 2. The molecule has 1 aromatic heterocycles. The molecule has 5 rings (SSSR count). The summed E-state index contributed by atoms with van der Waals surface area (Å²) in [4.78, 5) is 55.9. The first-order chi connectivity index (χ1) is 25.0. The smallest absolute Gasteiger partial charge is 0.413 e. The summed E-state index contributed by atoms with van der Waals surface area (Å²) < 4.78 is 25.6. The molecular weight excluding hydrogens is 727 g/mol. The number of hydroxylamine groups is 2. The normalized spacial score (nSPS) is 21.6. The van der Waals surface area contributed by atoms with Gasteiger partial charge in [-0.15, -0.1) is 11.3 Å². The second-order valence-electron chi connectivity index (χ2n) is 14.7. The number of hydrogen-bond acceptors (Lipinski definition) is 15. The average Bonchev–Trinajstić information content (AvgIpc) is 3.56. The first kappa shape index (κ1) is 40.2. The largest absolute Gasteiger partial charge is 0.486 e. The lowest BCUT2D eigenvalue weighted by molar-refractivity contribution is -0.214. The van der Waals surface area contributed by atoms with Crippen molar-refractivity contribution >= 4 is 58.2 Å². The Balaban J connectivity index is 1.25. The molecule has 0 radical (unpaired) electrons. The lowest BCUT2D eigenvalue weighted by atomic mass is 9.84. The number of amides is 3. The number of β-lactam (4-membered cyclic amide) rings is 1. The molecule has 0 saturated carbocycles. The number of aliphatic imine (C=N–C) groups is 1. The van der Waals surface area contributed by atoms with Gasteiger partial charge in [0.25, 0.3) is 11.8 Å². The highest BCUT2D eigenvalue weighted by molar-refractivity contribution is 7.88. The monoisotopic (exact) mass is 775 g/mol. The van der Waals surface area contributed by atoms with Gasteiger partial charge in [-0.2, -0.15) is 9.35 Å². The van der Waals surface area contributed by atoms with Gasteiger partial charge in [-0.1, -0.05) is 5.16 Å². The number of oxime groups is 1. The third-order valence-electron chi connectivity index (χ3n) is 9.13. The molecule has 0 bridgehead atoms. The number of likely N-dealkylation sites (tertiary alicyclic amines) is 1. The Bertz CT molecular complexity index is 1700. The summed E-state index contributed by atoms with van der Waals surface area (Å²) in [6.07, 6.45) is 1.57. The van der Waals surface area contributed by atoms with Crippen molar-refractivity contribution in [2.24, 2.45) is 21.6 Å². The maximum Gasteiger partial charge on any atom is 0.413 e. The highest BCUT2D eigenvalue weighted by atomic mass is 32.2. The molecule has 3 amide bonds. The van der Waals surface area contributed by atoms with Crippen LogP contribution in [-0.2, 0) is 29.9 Å². The highest BCUT2D eigenvalue weighted by Gasteiger charge is 2.57. The van der Waals surface area contributed by atoms with E-state index in [-0.39, 0.29) is 34.9 Å². The van der Waals surface area contributed by atoms with Crippen molar-refractivity contribution in [2.75, 3.05) is 31.5 Å². The molecule has 7 N–H and O–H groups in total. The van der Waals surface area contributed by atoms with E-state index in [9.17, 15) is 14.4 Å². The number of benzene rings is 1. The Morgan fingerprint density at radius 1 is 1.25 bits per heavy atom. The van der Waals surface area contributed by atoms with E-state index >= 15 is 0 Å². The lowest BCUT2D eigenvalue weighted by Crippen LogP contribution is -2.76. The predicted molar refractivity (Wildman–Crippen MR) is 202 cm³/mol. The van der Waals surface area contributed by atoms with Crippen LogP contribution >= 0.6 is 23.7 Å². The number of piperidine rings is 1. The number of rotatable bonds is 13. The first-order valence-corrected chi connectivity index (χ1v) is 19.0. The number of aromatic nitrogens is 1. The summed E-state index contributed by atoms with van der Waals surface area (Å²) in [7, 11) is 0. The van der Waals surface area contributed by atoms with E-state index < -0.39 is 47.3 Å². The highest BCUT2D eigenvalue weighted by Crippen LogP contribution is 2.34. The minimum absolute atomic E-state index is 0.0242. The molecule has 3 atom stereocenters. The number of carbonyl (C=O) groups is 3. The minimum Gasteiger partial charge on any atom is -0.486 e. The van der Waals surface area contributed by atoms with Crippen LogP contribution in [0.5, 0.6) is 5.75 Å². The van der Waals surface area contributed by atoms with Crippen LogP contribution in [0.2, 0.25) is 0 Å². The van der Waals surface area contributed by atoms with Crippen LogP contribution in [0, 0.1) is 0 Å². The van der Waals surface area contributed by atoms with Gasteiger partial charge < -0.3 is 40.5 Å². The van der Waals surface area contributed by atoms with Crippen LogP contribution in [0.4, 0.5) is 9.93 Å². The fraction of sp³-hybridized carbons (Fsp3) is 0.588. The molecule has 0 aliphatic carbocycles. The number of fused-ring (bicyclic) bond motifs is 1. The van der Waals surface area contributed by atoms with Crippen LogP contribution < -0.4 is 26.8 Å². The summed E-state index contributed by atoms with van der Waals surface area (Å²) in [5.74, 6) is -0.157. The number of anilines is 1. The molecule has 2 aromatic rings. The fourth-order valence-corrected chi connectivity index (χ4v) is 7.09. The number of amidine groups is 1. The maximum absolute atomic E-state index is 13.7. The Morgan fingerprint density at radius 3 is 2.66 bits per heavy atom. The molecule has 4 heterocycles. The molecule has 2 fully saturated rings. The standard InChI is InChI=1S/C34H49N9O8S2/c1-19(24-9-7-20-17-21(8-10-25(20)48-24)28(36)37-13-16-42-14-11-22(35)12-15-42)50-41-26(23-18-52-31(38-23)40-32(46)49-33(2,3)4)29(44)39-27-30(45)43(51-53-47)34(27,5)6/h8,10,17-19,22,24,27,47H,7,9,11-16,35H2,1-6H3,(H2,36,37)(H,39,44)(H,38,40,46)/b41-26-. The Hall–Kier alpha value is -4.01.